The zero-order chi connectivity index (χ0) is 12.5. The first-order chi connectivity index (χ1) is 8.24. The Balaban J connectivity index is 2.38. The topological polar surface area (TPSA) is 21.3 Å². The number of thioether (sulfide) groups is 1. The molecule has 0 aliphatic carbocycles. The largest absolute Gasteiger partial charge is 0.501 e. The Labute approximate surface area is 111 Å². The van der Waals surface area contributed by atoms with Gasteiger partial charge in [-0.15, -0.1) is 0 Å². The van der Waals surface area contributed by atoms with Crippen molar-refractivity contribution in [3.63, 3.8) is 0 Å². The fourth-order valence-corrected chi connectivity index (χ4v) is 3.05. The SMILES string of the molecule is CCCNC(CSCC(C)C)C1=COCCC1. The molecule has 1 unspecified atom stereocenters. The van der Waals surface area contributed by atoms with E-state index in [4.69, 9.17) is 4.74 Å². The maximum atomic E-state index is 5.46. The maximum absolute atomic E-state index is 5.46. The quantitative estimate of drug-likeness (QED) is 0.720. The average Bonchev–Trinajstić information content (AvgIpc) is 2.34. The Morgan fingerprint density at radius 2 is 2.24 bits per heavy atom. The van der Waals surface area contributed by atoms with Gasteiger partial charge in [0.05, 0.1) is 12.9 Å². The highest BCUT2D eigenvalue weighted by atomic mass is 32.2. The molecule has 0 bridgehead atoms. The minimum absolute atomic E-state index is 0.513. The fourth-order valence-electron chi connectivity index (χ4n) is 1.88. The lowest BCUT2D eigenvalue weighted by atomic mass is 10.0. The highest BCUT2D eigenvalue weighted by molar-refractivity contribution is 7.99. The highest BCUT2D eigenvalue weighted by Crippen LogP contribution is 2.20. The monoisotopic (exact) mass is 257 g/mol. The van der Waals surface area contributed by atoms with Gasteiger partial charge < -0.3 is 10.1 Å². The summed E-state index contributed by atoms with van der Waals surface area (Å²) in [6.07, 6.45) is 5.56. The van der Waals surface area contributed by atoms with Crippen LogP contribution in [0.2, 0.25) is 0 Å². The van der Waals surface area contributed by atoms with Crippen molar-refractivity contribution in [2.24, 2.45) is 5.92 Å². The zero-order valence-corrected chi connectivity index (χ0v) is 12.3. The molecule has 1 aliphatic rings. The third kappa shape index (κ3) is 6.37. The lowest BCUT2D eigenvalue weighted by Crippen LogP contribution is -2.35. The third-order valence-electron chi connectivity index (χ3n) is 2.79. The molecule has 0 saturated heterocycles. The van der Waals surface area contributed by atoms with E-state index in [0.29, 0.717) is 6.04 Å². The van der Waals surface area contributed by atoms with E-state index in [0.717, 1.165) is 19.1 Å². The Bertz CT molecular complexity index is 228. The van der Waals surface area contributed by atoms with Crippen molar-refractivity contribution in [2.45, 2.75) is 46.1 Å². The van der Waals surface area contributed by atoms with E-state index in [1.807, 2.05) is 6.26 Å². The molecule has 17 heavy (non-hydrogen) atoms. The van der Waals surface area contributed by atoms with Crippen LogP contribution in [0.3, 0.4) is 0 Å². The van der Waals surface area contributed by atoms with E-state index >= 15 is 0 Å². The van der Waals surface area contributed by atoms with Crippen LogP contribution in [0, 0.1) is 5.92 Å². The van der Waals surface area contributed by atoms with E-state index in [1.165, 1.54) is 36.3 Å². The van der Waals surface area contributed by atoms with Gasteiger partial charge in [0.2, 0.25) is 0 Å². The number of hydrogen-bond acceptors (Lipinski definition) is 3. The average molecular weight is 257 g/mol. The highest BCUT2D eigenvalue weighted by Gasteiger charge is 2.16. The molecular formula is C14H27NOS. The van der Waals surface area contributed by atoms with Crippen LogP contribution in [0.1, 0.15) is 40.0 Å². The molecule has 2 nitrogen and oxygen atoms in total. The van der Waals surface area contributed by atoms with Gasteiger partial charge in [0.15, 0.2) is 0 Å². The van der Waals surface area contributed by atoms with Gasteiger partial charge in [-0.2, -0.15) is 11.8 Å². The van der Waals surface area contributed by atoms with Crippen molar-refractivity contribution < 1.29 is 4.74 Å². The Morgan fingerprint density at radius 3 is 2.82 bits per heavy atom. The molecule has 1 atom stereocenters. The molecule has 1 heterocycles. The van der Waals surface area contributed by atoms with E-state index in [9.17, 15) is 0 Å². The number of rotatable bonds is 8. The molecule has 0 fully saturated rings. The Kier molecular flexibility index (Phi) is 7.78. The van der Waals surface area contributed by atoms with Crippen molar-refractivity contribution in [1.82, 2.24) is 5.32 Å². The predicted molar refractivity (Wildman–Crippen MR) is 77.5 cm³/mol. The lowest BCUT2D eigenvalue weighted by molar-refractivity contribution is 0.220. The van der Waals surface area contributed by atoms with Crippen molar-refractivity contribution in [3.8, 4) is 0 Å². The normalized spacial score (nSPS) is 17.8. The third-order valence-corrected chi connectivity index (χ3v) is 4.26. The summed E-state index contributed by atoms with van der Waals surface area (Å²) in [4.78, 5) is 0. The maximum Gasteiger partial charge on any atom is 0.0876 e. The summed E-state index contributed by atoms with van der Waals surface area (Å²) >= 11 is 2.05. The van der Waals surface area contributed by atoms with E-state index < -0.39 is 0 Å². The predicted octanol–water partition coefficient (Wildman–Crippen LogP) is 3.44. The van der Waals surface area contributed by atoms with Gasteiger partial charge in [0.25, 0.3) is 0 Å². The minimum atomic E-state index is 0.513. The van der Waals surface area contributed by atoms with Crippen LogP contribution in [0.5, 0.6) is 0 Å². The first-order valence-corrected chi connectivity index (χ1v) is 8.01. The van der Waals surface area contributed by atoms with Crippen molar-refractivity contribution >= 4 is 11.8 Å². The zero-order valence-electron chi connectivity index (χ0n) is 11.5. The summed E-state index contributed by atoms with van der Waals surface area (Å²) in [5.41, 5.74) is 1.46. The van der Waals surface area contributed by atoms with Crippen LogP contribution in [0.15, 0.2) is 11.8 Å². The van der Waals surface area contributed by atoms with Crippen LogP contribution >= 0.6 is 11.8 Å². The molecule has 0 amide bonds. The van der Waals surface area contributed by atoms with E-state index in [2.05, 4.69) is 37.8 Å². The van der Waals surface area contributed by atoms with Gasteiger partial charge in [-0.3, -0.25) is 0 Å². The van der Waals surface area contributed by atoms with Crippen LogP contribution in [-0.4, -0.2) is 30.7 Å². The molecule has 1 rings (SSSR count). The van der Waals surface area contributed by atoms with E-state index in [-0.39, 0.29) is 0 Å². The molecule has 1 N–H and O–H groups in total. The molecule has 0 spiro atoms. The standard InChI is InChI=1S/C14H27NOS/c1-4-7-15-14(11-17-10-12(2)3)13-6-5-8-16-9-13/h9,12,14-15H,4-8,10-11H2,1-3H3. The molecule has 0 aromatic carbocycles. The second-order valence-electron chi connectivity index (χ2n) is 5.11. The molecule has 0 aromatic rings. The van der Waals surface area contributed by atoms with Crippen molar-refractivity contribution in [3.05, 3.63) is 11.8 Å². The molecular weight excluding hydrogens is 230 g/mol. The molecule has 3 heteroatoms. The Hall–Kier alpha value is -0.150. The molecule has 0 radical (unpaired) electrons. The molecule has 100 valence electrons. The number of ether oxygens (including phenoxy) is 1. The Morgan fingerprint density at radius 1 is 1.41 bits per heavy atom. The second kappa shape index (κ2) is 8.87. The number of nitrogens with one attached hydrogen (secondary N) is 1. The van der Waals surface area contributed by atoms with Crippen LogP contribution < -0.4 is 5.32 Å². The molecule has 0 aromatic heterocycles. The first kappa shape index (κ1) is 14.9. The fraction of sp³-hybridized carbons (Fsp3) is 0.857. The summed E-state index contributed by atoms with van der Waals surface area (Å²) in [6, 6.07) is 0.513. The van der Waals surface area contributed by atoms with Gasteiger partial charge >= 0.3 is 0 Å². The summed E-state index contributed by atoms with van der Waals surface area (Å²) in [5.74, 6) is 3.20. The summed E-state index contributed by atoms with van der Waals surface area (Å²) in [6.45, 7) is 8.78. The summed E-state index contributed by atoms with van der Waals surface area (Å²) in [7, 11) is 0. The first-order valence-electron chi connectivity index (χ1n) is 6.85. The lowest BCUT2D eigenvalue weighted by Gasteiger charge is -2.24. The van der Waals surface area contributed by atoms with E-state index in [1.54, 1.807) is 0 Å². The number of hydrogen-bond donors (Lipinski definition) is 1. The van der Waals surface area contributed by atoms with Crippen LogP contribution in [-0.2, 0) is 4.74 Å². The van der Waals surface area contributed by atoms with Crippen molar-refractivity contribution in [1.29, 1.82) is 0 Å². The van der Waals surface area contributed by atoms with Crippen molar-refractivity contribution in [2.75, 3.05) is 24.7 Å². The summed E-state index contributed by atoms with van der Waals surface area (Å²) < 4.78 is 5.46. The van der Waals surface area contributed by atoms with Crippen LogP contribution in [0.4, 0.5) is 0 Å². The van der Waals surface area contributed by atoms with Gasteiger partial charge in [0.1, 0.15) is 0 Å². The van der Waals surface area contributed by atoms with Gasteiger partial charge in [-0.05, 0) is 43.1 Å². The minimum Gasteiger partial charge on any atom is -0.501 e. The van der Waals surface area contributed by atoms with Gasteiger partial charge in [-0.25, -0.2) is 0 Å². The summed E-state index contributed by atoms with van der Waals surface area (Å²) in [5, 5.41) is 3.64. The van der Waals surface area contributed by atoms with Crippen LogP contribution in [0.25, 0.3) is 0 Å². The molecule has 0 saturated carbocycles. The second-order valence-corrected chi connectivity index (χ2v) is 6.18. The molecule has 1 aliphatic heterocycles. The smallest absolute Gasteiger partial charge is 0.0876 e. The van der Waals surface area contributed by atoms with Gasteiger partial charge in [-0.1, -0.05) is 20.8 Å². The van der Waals surface area contributed by atoms with Gasteiger partial charge in [0, 0.05) is 11.8 Å².